The molecule has 6 heteroatoms. The van der Waals surface area contributed by atoms with Gasteiger partial charge in [0.05, 0.1) is 6.04 Å². The summed E-state index contributed by atoms with van der Waals surface area (Å²) in [5, 5.41) is 0.287. The summed E-state index contributed by atoms with van der Waals surface area (Å²) in [6.07, 6.45) is 3.02. The summed E-state index contributed by atoms with van der Waals surface area (Å²) >= 11 is 5.74. The molecule has 2 heterocycles. The van der Waals surface area contributed by atoms with Gasteiger partial charge in [-0.2, -0.15) is 4.31 Å². The van der Waals surface area contributed by atoms with Crippen LogP contribution in [-0.2, 0) is 10.0 Å². The number of benzene rings is 1. The van der Waals surface area contributed by atoms with Gasteiger partial charge in [0, 0.05) is 12.7 Å². The summed E-state index contributed by atoms with van der Waals surface area (Å²) < 4.78 is 27.3. The third-order valence-electron chi connectivity index (χ3n) is 3.97. The average molecular weight is 337 g/mol. The minimum Gasteiger partial charge on any atom is -0.243 e. The second-order valence-electron chi connectivity index (χ2n) is 5.50. The molecule has 0 amide bonds. The first kappa shape index (κ1) is 15.5. The van der Waals surface area contributed by atoms with Crippen molar-refractivity contribution in [3.05, 3.63) is 58.9 Å². The van der Waals surface area contributed by atoms with E-state index < -0.39 is 10.0 Å². The van der Waals surface area contributed by atoms with E-state index in [1.807, 2.05) is 31.2 Å². The van der Waals surface area contributed by atoms with Gasteiger partial charge in [-0.1, -0.05) is 41.4 Å². The highest BCUT2D eigenvalue weighted by atomic mass is 35.5. The SMILES string of the molecule is Cc1ccc(C2CCCN2S(=O)(=O)c2ccc(Cl)nc2)cc1. The van der Waals surface area contributed by atoms with Crippen LogP contribution in [0.15, 0.2) is 47.5 Å². The maximum absolute atomic E-state index is 12.8. The summed E-state index contributed by atoms with van der Waals surface area (Å²) in [6.45, 7) is 2.55. The van der Waals surface area contributed by atoms with E-state index in [2.05, 4.69) is 4.98 Å². The van der Waals surface area contributed by atoms with Crippen LogP contribution in [0.25, 0.3) is 0 Å². The summed E-state index contributed by atoms with van der Waals surface area (Å²) in [6, 6.07) is 11.0. The van der Waals surface area contributed by atoms with Crippen LogP contribution in [0.5, 0.6) is 0 Å². The molecule has 22 heavy (non-hydrogen) atoms. The first-order valence-electron chi connectivity index (χ1n) is 7.18. The molecule has 0 bridgehead atoms. The second kappa shape index (κ2) is 5.99. The number of pyridine rings is 1. The lowest BCUT2D eigenvalue weighted by atomic mass is 10.0. The van der Waals surface area contributed by atoms with E-state index in [1.165, 1.54) is 18.3 Å². The molecule has 1 atom stereocenters. The third-order valence-corrected chi connectivity index (χ3v) is 6.09. The van der Waals surface area contributed by atoms with Crippen molar-refractivity contribution < 1.29 is 8.42 Å². The van der Waals surface area contributed by atoms with E-state index in [9.17, 15) is 8.42 Å². The lowest BCUT2D eigenvalue weighted by Gasteiger charge is -2.24. The van der Waals surface area contributed by atoms with Crippen LogP contribution in [-0.4, -0.2) is 24.3 Å². The highest BCUT2D eigenvalue weighted by Crippen LogP contribution is 2.36. The molecule has 1 unspecified atom stereocenters. The van der Waals surface area contributed by atoms with Gasteiger partial charge in [-0.05, 0) is 37.5 Å². The van der Waals surface area contributed by atoms with Crippen LogP contribution in [0.2, 0.25) is 5.15 Å². The van der Waals surface area contributed by atoms with E-state index in [4.69, 9.17) is 11.6 Å². The molecule has 0 N–H and O–H groups in total. The van der Waals surface area contributed by atoms with Crippen LogP contribution in [0.1, 0.15) is 30.0 Å². The molecule has 1 fully saturated rings. The van der Waals surface area contributed by atoms with Crippen molar-refractivity contribution >= 4 is 21.6 Å². The number of hydrogen-bond acceptors (Lipinski definition) is 3. The molecule has 1 aromatic heterocycles. The number of hydrogen-bond donors (Lipinski definition) is 0. The minimum absolute atomic E-state index is 0.110. The van der Waals surface area contributed by atoms with E-state index in [1.54, 1.807) is 4.31 Å². The van der Waals surface area contributed by atoms with Gasteiger partial charge in [0.1, 0.15) is 10.0 Å². The zero-order valence-electron chi connectivity index (χ0n) is 12.2. The zero-order valence-corrected chi connectivity index (χ0v) is 13.8. The summed E-state index contributed by atoms with van der Waals surface area (Å²) in [7, 11) is -3.55. The van der Waals surface area contributed by atoms with Crippen LogP contribution in [0.3, 0.4) is 0 Å². The van der Waals surface area contributed by atoms with Gasteiger partial charge in [-0.25, -0.2) is 13.4 Å². The highest BCUT2D eigenvalue weighted by molar-refractivity contribution is 7.89. The molecular formula is C16H17ClN2O2S. The van der Waals surface area contributed by atoms with Gasteiger partial charge in [0.15, 0.2) is 0 Å². The fraction of sp³-hybridized carbons (Fsp3) is 0.312. The number of aryl methyl sites for hydroxylation is 1. The van der Waals surface area contributed by atoms with Crippen molar-refractivity contribution in [3.63, 3.8) is 0 Å². The van der Waals surface area contributed by atoms with Crippen molar-refractivity contribution in [2.45, 2.75) is 30.7 Å². The largest absolute Gasteiger partial charge is 0.245 e. The van der Waals surface area contributed by atoms with E-state index in [-0.39, 0.29) is 16.1 Å². The van der Waals surface area contributed by atoms with Gasteiger partial charge >= 0.3 is 0 Å². The molecule has 1 aliphatic heterocycles. The Hall–Kier alpha value is -1.43. The molecular weight excluding hydrogens is 320 g/mol. The Morgan fingerprint density at radius 3 is 2.55 bits per heavy atom. The first-order chi connectivity index (χ1) is 10.5. The van der Waals surface area contributed by atoms with Gasteiger partial charge in [-0.15, -0.1) is 0 Å². The predicted molar refractivity (Wildman–Crippen MR) is 86.3 cm³/mol. The van der Waals surface area contributed by atoms with E-state index in [0.29, 0.717) is 6.54 Å². The lowest BCUT2D eigenvalue weighted by molar-refractivity contribution is 0.396. The standard InChI is InChI=1S/C16H17ClN2O2S/c1-12-4-6-13(7-5-12)15-3-2-10-19(15)22(20,21)14-8-9-16(17)18-11-14/h4-9,11,15H,2-3,10H2,1H3. The molecule has 1 saturated heterocycles. The summed E-state index contributed by atoms with van der Waals surface area (Å²) in [4.78, 5) is 4.08. The molecule has 116 valence electrons. The quantitative estimate of drug-likeness (QED) is 0.805. The Kier molecular flexibility index (Phi) is 4.21. The van der Waals surface area contributed by atoms with Crippen molar-refractivity contribution in [1.29, 1.82) is 0 Å². The van der Waals surface area contributed by atoms with E-state index in [0.717, 1.165) is 24.0 Å². The van der Waals surface area contributed by atoms with Gasteiger partial charge in [-0.3, -0.25) is 0 Å². The van der Waals surface area contributed by atoms with Crippen molar-refractivity contribution in [3.8, 4) is 0 Å². The smallest absolute Gasteiger partial charge is 0.243 e. The molecule has 0 saturated carbocycles. The van der Waals surface area contributed by atoms with Crippen LogP contribution >= 0.6 is 11.6 Å². The van der Waals surface area contributed by atoms with Crippen molar-refractivity contribution in [2.75, 3.05) is 6.54 Å². The van der Waals surface area contributed by atoms with E-state index >= 15 is 0 Å². The van der Waals surface area contributed by atoms with Crippen molar-refractivity contribution in [2.24, 2.45) is 0 Å². The second-order valence-corrected chi connectivity index (χ2v) is 7.78. The Morgan fingerprint density at radius 2 is 1.91 bits per heavy atom. The Bertz CT molecular complexity index is 758. The van der Waals surface area contributed by atoms with Gasteiger partial charge < -0.3 is 0 Å². The van der Waals surface area contributed by atoms with Gasteiger partial charge in [0.25, 0.3) is 0 Å². The first-order valence-corrected chi connectivity index (χ1v) is 9.00. The Balaban J connectivity index is 1.95. The molecule has 4 nitrogen and oxygen atoms in total. The maximum Gasteiger partial charge on any atom is 0.245 e. The number of rotatable bonds is 3. The molecule has 0 radical (unpaired) electrons. The van der Waals surface area contributed by atoms with Crippen LogP contribution in [0, 0.1) is 6.92 Å². The molecule has 1 aromatic carbocycles. The zero-order chi connectivity index (χ0) is 15.7. The fourth-order valence-corrected chi connectivity index (χ4v) is 4.54. The Labute approximate surface area is 135 Å². The number of nitrogens with zero attached hydrogens (tertiary/aromatic N) is 2. The normalized spacial score (nSPS) is 19.5. The number of aromatic nitrogens is 1. The molecule has 2 aromatic rings. The fourth-order valence-electron chi connectivity index (χ4n) is 2.80. The number of halogens is 1. The molecule has 3 rings (SSSR count). The van der Waals surface area contributed by atoms with Crippen LogP contribution < -0.4 is 0 Å². The highest BCUT2D eigenvalue weighted by Gasteiger charge is 2.36. The third kappa shape index (κ3) is 2.89. The minimum atomic E-state index is -3.55. The Morgan fingerprint density at radius 1 is 1.18 bits per heavy atom. The molecule has 0 aliphatic carbocycles. The maximum atomic E-state index is 12.8. The van der Waals surface area contributed by atoms with Crippen molar-refractivity contribution in [1.82, 2.24) is 9.29 Å². The topological polar surface area (TPSA) is 50.3 Å². The molecule has 0 spiro atoms. The van der Waals surface area contributed by atoms with Gasteiger partial charge in [0.2, 0.25) is 10.0 Å². The lowest BCUT2D eigenvalue weighted by Crippen LogP contribution is -2.30. The summed E-state index contributed by atoms with van der Waals surface area (Å²) in [5.74, 6) is 0. The molecule has 1 aliphatic rings. The van der Waals surface area contributed by atoms with Crippen LogP contribution in [0.4, 0.5) is 0 Å². The predicted octanol–water partition coefficient (Wildman–Crippen LogP) is 3.57. The monoisotopic (exact) mass is 336 g/mol. The summed E-state index contributed by atoms with van der Waals surface area (Å²) in [5.41, 5.74) is 2.20. The average Bonchev–Trinajstić information content (AvgIpc) is 2.99. The number of sulfonamides is 1.